The van der Waals surface area contributed by atoms with E-state index < -0.39 is 0 Å². The quantitative estimate of drug-likeness (QED) is 0.738. The minimum atomic E-state index is -0.122. The van der Waals surface area contributed by atoms with Crippen LogP contribution in [0.1, 0.15) is 33.1 Å². The predicted octanol–water partition coefficient (Wildman–Crippen LogP) is 3.25. The second-order valence-corrected chi connectivity index (χ2v) is 6.73. The zero-order chi connectivity index (χ0) is 10.2. The molecule has 1 aliphatic carbocycles. The summed E-state index contributed by atoms with van der Waals surface area (Å²) in [6.45, 7) is 4.32. The minimum Gasteiger partial charge on any atom is -0.292 e. The largest absolute Gasteiger partial charge is 0.292 e. The van der Waals surface area contributed by atoms with E-state index in [9.17, 15) is 4.79 Å². The molecule has 1 heterocycles. The highest BCUT2D eigenvalue weighted by molar-refractivity contribution is 8.23. The fourth-order valence-corrected chi connectivity index (χ4v) is 5.35. The van der Waals surface area contributed by atoms with Gasteiger partial charge in [-0.2, -0.15) is 0 Å². The van der Waals surface area contributed by atoms with E-state index in [2.05, 4.69) is 13.8 Å². The third-order valence-corrected chi connectivity index (χ3v) is 6.57. The molecule has 1 aliphatic heterocycles. The normalized spacial score (nSPS) is 24.6. The Bertz CT molecular complexity index is 288. The lowest BCUT2D eigenvalue weighted by molar-refractivity contribution is -0.117. The number of Topliss-reactive ketones (excluding diaryl/α,β-unsaturated/α-hetero) is 1. The van der Waals surface area contributed by atoms with Crippen molar-refractivity contribution in [1.29, 1.82) is 0 Å². The van der Waals surface area contributed by atoms with Crippen LogP contribution in [0.25, 0.3) is 0 Å². The number of thioether (sulfide) groups is 2. The number of ketones is 1. The van der Waals surface area contributed by atoms with Crippen LogP contribution in [0, 0.1) is 0 Å². The van der Waals surface area contributed by atoms with Crippen LogP contribution in [0.15, 0.2) is 11.1 Å². The molecule has 1 spiro atoms. The Morgan fingerprint density at radius 1 is 1.36 bits per heavy atom. The van der Waals surface area contributed by atoms with Crippen molar-refractivity contribution in [2.24, 2.45) is 0 Å². The molecule has 0 N–H and O–H groups in total. The van der Waals surface area contributed by atoms with Crippen molar-refractivity contribution in [1.82, 2.24) is 0 Å². The first-order chi connectivity index (χ1) is 6.72. The van der Waals surface area contributed by atoms with Gasteiger partial charge >= 0.3 is 0 Å². The summed E-state index contributed by atoms with van der Waals surface area (Å²) < 4.78 is -0.122. The van der Waals surface area contributed by atoms with Gasteiger partial charge in [-0.25, -0.2) is 0 Å². The summed E-state index contributed by atoms with van der Waals surface area (Å²) in [7, 11) is 0. The summed E-state index contributed by atoms with van der Waals surface area (Å²) >= 11 is 3.68. The lowest BCUT2D eigenvalue weighted by atomic mass is 9.83. The Balaban J connectivity index is 2.12. The van der Waals surface area contributed by atoms with Crippen molar-refractivity contribution in [2.75, 3.05) is 11.5 Å². The summed E-state index contributed by atoms with van der Waals surface area (Å²) in [4.78, 5) is 12.0. The smallest absolute Gasteiger partial charge is 0.189 e. The van der Waals surface area contributed by atoms with E-state index in [1.165, 1.54) is 12.0 Å². The molecule has 2 rings (SSSR count). The molecule has 3 heteroatoms. The van der Waals surface area contributed by atoms with Gasteiger partial charge in [0.1, 0.15) is 4.08 Å². The van der Waals surface area contributed by atoms with Gasteiger partial charge in [-0.1, -0.05) is 13.3 Å². The zero-order valence-corrected chi connectivity index (χ0v) is 10.4. The second-order valence-electron chi connectivity index (χ2n) is 3.85. The van der Waals surface area contributed by atoms with Crippen LogP contribution in [0.3, 0.4) is 0 Å². The van der Waals surface area contributed by atoms with Gasteiger partial charge in [0.2, 0.25) is 0 Å². The molecule has 0 aromatic rings. The van der Waals surface area contributed by atoms with E-state index in [4.69, 9.17) is 0 Å². The molecule has 1 saturated heterocycles. The van der Waals surface area contributed by atoms with Gasteiger partial charge in [0, 0.05) is 11.5 Å². The Hall–Kier alpha value is 0.110. The van der Waals surface area contributed by atoms with E-state index in [0.717, 1.165) is 29.9 Å². The van der Waals surface area contributed by atoms with Crippen LogP contribution < -0.4 is 0 Å². The monoisotopic (exact) mass is 228 g/mol. The number of hydrogen-bond acceptors (Lipinski definition) is 3. The van der Waals surface area contributed by atoms with E-state index in [1.54, 1.807) is 0 Å². The molecule has 2 aliphatic rings. The van der Waals surface area contributed by atoms with Crippen LogP contribution in [-0.2, 0) is 4.79 Å². The van der Waals surface area contributed by atoms with Gasteiger partial charge in [0.15, 0.2) is 5.78 Å². The maximum absolute atomic E-state index is 12.0. The van der Waals surface area contributed by atoms with Crippen molar-refractivity contribution < 1.29 is 4.79 Å². The van der Waals surface area contributed by atoms with Gasteiger partial charge < -0.3 is 0 Å². The van der Waals surface area contributed by atoms with Gasteiger partial charge in [-0.15, -0.1) is 23.5 Å². The fourth-order valence-electron chi connectivity index (χ4n) is 2.09. The summed E-state index contributed by atoms with van der Waals surface area (Å²) in [5, 5.41) is 0. The van der Waals surface area contributed by atoms with Crippen LogP contribution in [0.4, 0.5) is 0 Å². The number of carbonyl (C=O) groups excluding carboxylic acids is 1. The molecule has 0 aromatic carbocycles. The van der Waals surface area contributed by atoms with Crippen molar-refractivity contribution in [2.45, 2.75) is 37.2 Å². The maximum atomic E-state index is 12.0. The first-order valence-electron chi connectivity index (χ1n) is 5.25. The molecule has 1 fully saturated rings. The van der Waals surface area contributed by atoms with Gasteiger partial charge in [0.25, 0.3) is 0 Å². The van der Waals surface area contributed by atoms with Gasteiger partial charge in [-0.3, -0.25) is 4.79 Å². The summed E-state index contributed by atoms with van der Waals surface area (Å²) in [5.74, 6) is 2.69. The van der Waals surface area contributed by atoms with Gasteiger partial charge in [-0.05, 0) is 30.9 Å². The lowest BCUT2D eigenvalue weighted by Crippen LogP contribution is -2.42. The Morgan fingerprint density at radius 3 is 2.50 bits per heavy atom. The molecule has 0 aromatic heterocycles. The topological polar surface area (TPSA) is 17.1 Å². The van der Waals surface area contributed by atoms with Crippen molar-refractivity contribution in [3.63, 3.8) is 0 Å². The standard InChI is InChI=1S/C11H16OS2/c1-3-4-5-9-8(2)11(10(9)12)13-6-7-14-11/h3-7H2,1-2H3. The minimum absolute atomic E-state index is 0.122. The van der Waals surface area contributed by atoms with Crippen molar-refractivity contribution >= 4 is 29.3 Å². The van der Waals surface area contributed by atoms with E-state index in [1.807, 2.05) is 23.5 Å². The molecule has 0 unspecified atom stereocenters. The average molecular weight is 228 g/mol. The van der Waals surface area contributed by atoms with Crippen molar-refractivity contribution in [3.05, 3.63) is 11.1 Å². The molecule has 0 amide bonds. The van der Waals surface area contributed by atoms with E-state index in [0.29, 0.717) is 5.78 Å². The Kier molecular flexibility index (Phi) is 2.98. The molecule has 0 saturated carbocycles. The number of hydrogen-bond donors (Lipinski definition) is 0. The predicted molar refractivity (Wildman–Crippen MR) is 64.9 cm³/mol. The maximum Gasteiger partial charge on any atom is 0.189 e. The lowest BCUT2D eigenvalue weighted by Gasteiger charge is -2.38. The molecule has 14 heavy (non-hydrogen) atoms. The molecule has 78 valence electrons. The highest BCUT2D eigenvalue weighted by Gasteiger charge is 2.53. The van der Waals surface area contributed by atoms with Crippen LogP contribution >= 0.6 is 23.5 Å². The number of unbranched alkanes of at least 4 members (excludes halogenated alkanes) is 1. The fraction of sp³-hybridized carbons (Fsp3) is 0.727. The first-order valence-corrected chi connectivity index (χ1v) is 7.22. The second kappa shape index (κ2) is 3.93. The third-order valence-electron chi connectivity index (χ3n) is 2.99. The SMILES string of the molecule is CCCCC1=C(C)C2(SCCS2)C1=O. The van der Waals surface area contributed by atoms with Crippen LogP contribution in [0.2, 0.25) is 0 Å². The Labute approximate surface area is 94.1 Å². The summed E-state index contributed by atoms with van der Waals surface area (Å²) in [6, 6.07) is 0. The third kappa shape index (κ3) is 1.36. The highest BCUT2D eigenvalue weighted by atomic mass is 32.2. The molecule has 0 bridgehead atoms. The average Bonchev–Trinajstić information content (AvgIpc) is 2.69. The highest BCUT2D eigenvalue weighted by Crippen LogP contribution is 2.57. The molecular formula is C11H16OS2. The van der Waals surface area contributed by atoms with E-state index in [-0.39, 0.29) is 4.08 Å². The molecule has 0 radical (unpaired) electrons. The summed E-state index contributed by atoms with van der Waals surface area (Å²) in [5.41, 5.74) is 2.50. The van der Waals surface area contributed by atoms with Crippen LogP contribution in [-0.4, -0.2) is 21.4 Å². The Morgan fingerprint density at radius 2 is 2.00 bits per heavy atom. The number of allylic oxidation sites excluding steroid dienone is 1. The van der Waals surface area contributed by atoms with Crippen molar-refractivity contribution in [3.8, 4) is 0 Å². The molecule has 0 atom stereocenters. The van der Waals surface area contributed by atoms with Crippen LogP contribution in [0.5, 0.6) is 0 Å². The van der Waals surface area contributed by atoms with Gasteiger partial charge in [0.05, 0.1) is 0 Å². The van der Waals surface area contributed by atoms with E-state index >= 15 is 0 Å². The number of carbonyl (C=O) groups is 1. The number of rotatable bonds is 3. The first kappa shape index (κ1) is 10.6. The molecule has 1 nitrogen and oxygen atoms in total. The zero-order valence-electron chi connectivity index (χ0n) is 8.76. The molecular weight excluding hydrogens is 212 g/mol. The summed E-state index contributed by atoms with van der Waals surface area (Å²) in [6.07, 6.45) is 3.34.